The van der Waals surface area contributed by atoms with E-state index in [1.165, 1.54) is 11.8 Å². The molecule has 1 unspecified atom stereocenters. The Bertz CT molecular complexity index is 412. The van der Waals surface area contributed by atoms with Crippen molar-refractivity contribution in [3.8, 4) is 0 Å². The summed E-state index contributed by atoms with van der Waals surface area (Å²) in [6.45, 7) is 1.55. The van der Waals surface area contributed by atoms with Gasteiger partial charge in [-0.2, -0.15) is 0 Å². The molecule has 1 aromatic rings. The van der Waals surface area contributed by atoms with Crippen molar-refractivity contribution < 1.29 is 15.0 Å². The molecular weight excluding hydrogens is 252 g/mol. The van der Waals surface area contributed by atoms with Gasteiger partial charge >= 0.3 is 0 Å². The van der Waals surface area contributed by atoms with Gasteiger partial charge in [0.05, 0.1) is 18.5 Å². The first-order valence-corrected chi connectivity index (χ1v) is 6.71. The molecule has 0 aliphatic carbocycles. The number of anilines is 2. The first kappa shape index (κ1) is 14.8. The molecule has 6 heteroatoms. The summed E-state index contributed by atoms with van der Waals surface area (Å²) in [5, 5.41) is 20.5. The van der Waals surface area contributed by atoms with Gasteiger partial charge in [-0.15, -0.1) is 11.8 Å². The molecule has 0 saturated carbocycles. The third kappa shape index (κ3) is 4.56. The molecular formula is C12H18N2O3S. The van der Waals surface area contributed by atoms with Crippen LogP contribution in [0.3, 0.4) is 0 Å². The highest BCUT2D eigenvalue weighted by Gasteiger charge is 2.08. The third-order valence-corrected chi connectivity index (χ3v) is 3.49. The first-order valence-electron chi connectivity index (χ1n) is 5.56. The van der Waals surface area contributed by atoms with E-state index >= 15 is 0 Å². The van der Waals surface area contributed by atoms with Gasteiger partial charge in [-0.3, -0.25) is 4.79 Å². The molecule has 0 spiro atoms. The van der Waals surface area contributed by atoms with E-state index in [1.807, 2.05) is 6.92 Å². The minimum Gasteiger partial charge on any atom is -0.398 e. The Kier molecular flexibility index (Phi) is 5.97. The average molecular weight is 270 g/mol. The van der Waals surface area contributed by atoms with Gasteiger partial charge in [0.2, 0.25) is 5.91 Å². The van der Waals surface area contributed by atoms with E-state index in [0.717, 1.165) is 5.56 Å². The summed E-state index contributed by atoms with van der Waals surface area (Å²) in [5.41, 5.74) is 7.91. The number of aliphatic hydroxyl groups excluding tert-OH is 2. The van der Waals surface area contributed by atoms with Crippen molar-refractivity contribution >= 4 is 29.0 Å². The van der Waals surface area contributed by atoms with Crippen molar-refractivity contribution in [2.24, 2.45) is 0 Å². The lowest BCUT2D eigenvalue weighted by Gasteiger charge is -2.10. The van der Waals surface area contributed by atoms with Crippen molar-refractivity contribution in [3.63, 3.8) is 0 Å². The molecule has 1 atom stereocenters. The molecule has 18 heavy (non-hydrogen) atoms. The van der Waals surface area contributed by atoms with Gasteiger partial charge in [0, 0.05) is 17.1 Å². The lowest BCUT2D eigenvalue weighted by Crippen LogP contribution is -2.19. The summed E-state index contributed by atoms with van der Waals surface area (Å²) in [6, 6.07) is 5.34. The Morgan fingerprint density at radius 3 is 2.94 bits per heavy atom. The highest BCUT2D eigenvalue weighted by molar-refractivity contribution is 8.00. The normalized spacial score (nSPS) is 12.2. The fraction of sp³-hybridized carbons (Fsp3) is 0.417. The molecule has 1 rings (SSSR count). The topological polar surface area (TPSA) is 95.6 Å². The maximum atomic E-state index is 11.6. The first-order chi connectivity index (χ1) is 8.54. The molecule has 5 N–H and O–H groups in total. The molecule has 1 aromatic carbocycles. The van der Waals surface area contributed by atoms with Crippen LogP contribution in [-0.4, -0.2) is 40.3 Å². The van der Waals surface area contributed by atoms with Gasteiger partial charge in [-0.05, 0) is 24.6 Å². The monoisotopic (exact) mass is 270 g/mol. The van der Waals surface area contributed by atoms with Gasteiger partial charge in [-0.25, -0.2) is 0 Å². The number of hydrogen-bond acceptors (Lipinski definition) is 5. The van der Waals surface area contributed by atoms with Crippen molar-refractivity contribution in [3.05, 3.63) is 23.8 Å². The fourth-order valence-electron chi connectivity index (χ4n) is 1.32. The summed E-state index contributed by atoms with van der Waals surface area (Å²) in [5.74, 6) is 0.407. The molecule has 0 aromatic heterocycles. The zero-order valence-corrected chi connectivity index (χ0v) is 11.0. The standard InChI is InChI=1S/C12H18N2O3S/c1-8-10(13)3-2-4-11(8)14-12(17)7-18-6-9(16)5-15/h2-4,9,15-16H,5-7,13H2,1H3,(H,14,17). The van der Waals surface area contributed by atoms with Crippen LogP contribution in [0, 0.1) is 6.92 Å². The van der Waals surface area contributed by atoms with Crippen LogP contribution in [0.1, 0.15) is 5.56 Å². The smallest absolute Gasteiger partial charge is 0.234 e. The molecule has 0 saturated heterocycles. The van der Waals surface area contributed by atoms with Crippen molar-refractivity contribution in [2.45, 2.75) is 13.0 Å². The fourth-order valence-corrected chi connectivity index (χ4v) is 2.07. The van der Waals surface area contributed by atoms with Crippen LogP contribution >= 0.6 is 11.8 Å². The van der Waals surface area contributed by atoms with Crippen LogP contribution in [0.25, 0.3) is 0 Å². The van der Waals surface area contributed by atoms with Gasteiger partial charge in [0.25, 0.3) is 0 Å². The molecule has 0 fully saturated rings. The van der Waals surface area contributed by atoms with Gasteiger partial charge < -0.3 is 21.3 Å². The second-order valence-electron chi connectivity index (χ2n) is 3.92. The van der Waals surface area contributed by atoms with E-state index in [1.54, 1.807) is 18.2 Å². The van der Waals surface area contributed by atoms with E-state index in [4.69, 9.17) is 15.9 Å². The summed E-state index contributed by atoms with van der Waals surface area (Å²) in [6.07, 6.45) is -0.781. The minimum atomic E-state index is -0.781. The molecule has 5 nitrogen and oxygen atoms in total. The van der Waals surface area contributed by atoms with Crippen LogP contribution in [-0.2, 0) is 4.79 Å². The van der Waals surface area contributed by atoms with Crippen LogP contribution in [0.2, 0.25) is 0 Å². The zero-order valence-electron chi connectivity index (χ0n) is 10.2. The minimum absolute atomic E-state index is 0.154. The lowest BCUT2D eigenvalue weighted by molar-refractivity contribution is -0.113. The van der Waals surface area contributed by atoms with Crippen molar-refractivity contribution in [1.29, 1.82) is 0 Å². The number of aliphatic hydroxyl groups is 2. The van der Waals surface area contributed by atoms with E-state index < -0.39 is 6.10 Å². The number of hydrogen-bond donors (Lipinski definition) is 4. The molecule has 0 aliphatic rings. The van der Waals surface area contributed by atoms with Gasteiger partial charge in [0.15, 0.2) is 0 Å². The second-order valence-corrected chi connectivity index (χ2v) is 4.95. The van der Waals surface area contributed by atoms with Gasteiger partial charge in [-0.1, -0.05) is 6.07 Å². The predicted molar refractivity (Wildman–Crippen MR) is 74.6 cm³/mol. The molecule has 0 radical (unpaired) electrons. The van der Waals surface area contributed by atoms with E-state index in [-0.39, 0.29) is 18.3 Å². The highest BCUT2D eigenvalue weighted by Crippen LogP contribution is 2.20. The number of thioether (sulfide) groups is 1. The molecule has 0 bridgehead atoms. The Morgan fingerprint density at radius 2 is 2.28 bits per heavy atom. The van der Waals surface area contributed by atoms with E-state index in [9.17, 15) is 4.79 Å². The van der Waals surface area contributed by atoms with E-state index in [0.29, 0.717) is 17.1 Å². The Hall–Kier alpha value is -1.24. The number of nitrogens with two attached hydrogens (primary N) is 1. The summed E-state index contributed by atoms with van der Waals surface area (Å²) < 4.78 is 0. The summed E-state index contributed by atoms with van der Waals surface area (Å²) in [4.78, 5) is 11.6. The number of nitrogens with one attached hydrogen (secondary N) is 1. The molecule has 0 heterocycles. The number of carbonyl (C=O) groups excluding carboxylic acids is 1. The summed E-state index contributed by atoms with van der Waals surface area (Å²) in [7, 11) is 0. The predicted octanol–water partition coefficient (Wildman–Crippen LogP) is 0.602. The maximum Gasteiger partial charge on any atom is 0.234 e. The number of rotatable bonds is 6. The lowest BCUT2D eigenvalue weighted by atomic mass is 10.1. The number of benzene rings is 1. The van der Waals surface area contributed by atoms with Crippen LogP contribution in [0.5, 0.6) is 0 Å². The number of carbonyl (C=O) groups is 1. The summed E-state index contributed by atoms with van der Waals surface area (Å²) >= 11 is 1.27. The number of nitrogen functional groups attached to an aromatic ring is 1. The molecule has 100 valence electrons. The maximum absolute atomic E-state index is 11.6. The van der Waals surface area contributed by atoms with Crippen molar-refractivity contribution in [2.75, 3.05) is 29.2 Å². The van der Waals surface area contributed by atoms with E-state index in [2.05, 4.69) is 5.32 Å². The second kappa shape index (κ2) is 7.25. The highest BCUT2D eigenvalue weighted by atomic mass is 32.2. The molecule has 0 aliphatic heterocycles. The number of amides is 1. The Labute approximate surface area is 110 Å². The van der Waals surface area contributed by atoms with Crippen molar-refractivity contribution in [1.82, 2.24) is 0 Å². The average Bonchev–Trinajstić information content (AvgIpc) is 2.34. The third-order valence-electron chi connectivity index (χ3n) is 2.40. The van der Waals surface area contributed by atoms with Crippen LogP contribution in [0.15, 0.2) is 18.2 Å². The SMILES string of the molecule is Cc1c(N)cccc1NC(=O)CSCC(O)CO. The van der Waals surface area contributed by atoms with Crippen LogP contribution in [0.4, 0.5) is 11.4 Å². The quantitative estimate of drug-likeness (QED) is 0.568. The Balaban J connectivity index is 2.43. The van der Waals surface area contributed by atoms with Crippen LogP contribution < -0.4 is 11.1 Å². The Morgan fingerprint density at radius 1 is 1.56 bits per heavy atom. The largest absolute Gasteiger partial charge is 0.398 e. The zero-order chi connectivity index (χ0) is 13.5. The van der Waals surface area contributed by atoms with Gasteiger partial charge in [0.1, 0.15) is 0 Å². The molecule has 1 amide bonds.